The van der Waals surface area contributed by atoms with E-state index in [1.54, 1.807) is 4.90 Å². The molecular formula is C26H39N3O3. The summed E-state index contributed by atoms with van der Waals surface area (Å²) in [6.45, 7) is 7.08. The van der Waals surface area contributed by atoms with Gasteiger partial charge in [-0.05, 0) is 84.9 Å². The molecule has 1 spiro atoms. The number of rotatable bonds is 6. The Morgan fingerprint density at radius 3 is 2.25 bits per heavy atom. The third-order valence-electron chi connectivity index (χ3n) is 7.61. The van der Waals surface area contributed by atoms with Crippen molar-refractivity contribution in [2.24, 2.45) is 5.92 Å². The van der Waals surface area contributed by atoms with Crippen LogP contribution in [-0.4, -0.2) is 71.6 Å². The van der Waals surface area contributed by atoms with Crippen molar-refractivity contribution in [3.8, 4) is 0 Å². The molecule has 3 aliphatic rings. The van der Waals surface area contributed by atoms with E-state index in [0.29, 0.717) is 12.5 Å². The van der Waals surface area contributed by atoms with Gasteiger partial charge in [-0.1, -0.05) is 30.3 Å². The van der Waals surface area contributed by atoms with E-state index in [2.05, 4.69) is 54.2 Å². The number of carbonyl (C=O) groups excluding carboxylic acids is 2. The maximum absolute atomic E-state index is 13.4. The van der Waals surface area contributed by atoms with E-state index in [0.717, 1.165) is 32.2 Å². The zero-order valence-electron chi connectivity index (χ0n) is 20.4. The van der Waals surface area contributed by atoms with Crippen molar-refractivity contribution >= 4 is 12.0 Å². The Morgan fingerprint density at radius 1 is 1.09 bits per heavy atom. The predicted molar refractivity (Wildman–Crippen MR) is 125 cm³/mol. The van der Waals surface area contributed by atoms with Gasteiger partial charge in [-0.25, -0.2) is 4.79 Å². The Bertz CT molecular complexity index is 834. The Balaban J connectivity index is 1.54. The monoisotopic (exact) mass is 441 g/mol. The first-order chi connectivity index (χ1) is 15.0. The summed E-state index contributed by atoms with van der Waals surface area (Å²) < 4.78 is 5.52. The van der Waals surface area contributed by atoms with E-state index in [1.807, 2.05) is 20.8 Å². The predicted octanol–water partition coefficient (Wildman–Crippen LogP) is 4.25. The molecule has 1 aromatic carbocycles. The third kappa shape index (κ3) is 4.52. The number of amides is 2. The second kappa shape index (κ2) is 8.36. The molecule has 1 aromatic rings. The smallest absolute Gasteiger partial charge is 0.326 e. The first kappa shape index (κ1) is 23.1. The van der Waals surface area contributed by atoms with Gasteiger partial charge in [0.05, 0.1) is 5.54 Å². The number of ether oxygens (including phenoxy) is 1. The van der Waals surface area contributed by atoms with Crippen LogP contribution in [0.3, 0.4) is 0 Å². The van der Waals surface area contributed by atoms with Crippen LogP contribution in [-0.2, 0) is 15.1 Å². The van der Waals surface area contributed by atoms with Crippen molar-refractivity contribution in [2.45, 2.75) is 76.0 Å². The van der Waals surface area contributed by atoms with Crippen LogP contribution in [0.15, 0.2) is 30.3 Å². The van der Waals surface area contributed by atoms with Gasteiger partial charge in [0.1, 0.15) is 12.1 Å². The molecule has 2 amide bonds. The summed E-state index contributed by atoms with van der Waals surface area (Å²) in [6.07, 6.45) is 6.30. The molecule has 176 valence electrons. The largest absolute Gasteiger partial charge is 0.459 e. The Morgan fingerprint density at radius 2 is 1.72 bits per heavy atom. The number of carbonyl (C=O) groups is 2. The molecule has 1 aliphatic heterocycles. The summed E-state index contributed by atoms with van der Waals surface area (Å²) in [5.74, 6) is 0.295. The zero-order valence-corrected chi connectivity index (χ0v) is 20.4. The van der Waals surface area contributed by atoms with Crippen molar-refractivity contribution < 1.29 is 14.3 Å². The van der Waals surface area contributed by atoms with Crippen molar-refractivity contribution in [3.63, 3.8) is 0 Å². The minimum absolute atomic E-state index is 0.0137. The summed E-state index contributed by atoms with van der Waals surface area (Å²) in [4.78, 5) is 32.2. The zero-order chi connectivity index (χ0) is 23.1. The molecule has 3 fully saturated rings. The molecule has 1 saturated heterocycles. The molecule has 0 atom stereocenters. The van der Waals surface area contributed by atoms with Gasteiger partial charge in [0.15, 0.2) is 0 Å². The fourth-order valence-electron chi connectivity index (χ4n) is 5.66. The lowest BCUT2D eigenvalue weighted by molar-refractivity contribution is -0.155. The number of nitrogens with zero attached hydrogens (tertiary/aromatic N) is 3. The highest BCUT2D eigenvalue weighted by Crippen LogP contribution is 2.49. The maximum atomic E-state index is 13.4. The van der Waals surface area contributed by atoms with Gasteiger partial charge in [-0.2, -0.15) is 0 Å². The summed E-state index contributed by atoms with van der Waals surface area (Å²) in [7, 11) is 4.34. The van der Waals surface area contributed by atoms with E-state index in [4.69, 9.17) is 4.74 Å². The van der Waals surface area contributed by atoms with Gasteiger partial charge in [-0.15, -0.1) is 0 Å². The summed E-state index contributed by atoms with van der Waals surface area (Å²) in [6, 6.07) is 10.8. The minimum atomic E-state index is -0.545. The average Bonchev–Trinajstić information content (AvgIpc) is 3.51. The Kier molecular flexibility index (Phi) is 6.03. The maximum Gasteiger partial charge on any atom is 0.326 e. The molecule has 32 heavy (non-hydrogen) atoms. The highest BCUT2D eigenvalue weighted by Gasteiger charge is 2.55. The van der Waals surface area contributed by atoms with Gasteiger partial charge in [0, 0.05) is 18.6 Å². The van der Waals surface area contributed by atoms with Crippen LogP contribution in [0.2, 0.25) is 0 Å². The normalized spacial score (nSPS) is 28.6. The van der Waals surface area contributed by atoms with Crippen molar-refractivity contribution in [2.75, 3.05) is 33.7 Å². The molecule has 0 unspecified atom stereocenters. The first-order valence-electron chi connectivity index (χ1n) is 12.1. The average molecular weight is 442 g/mol. The first-order valence-corrected chi connectivity index (χ1v) is 12.1. The molecule has 0 radical (unpaired) electrons. The Labute approximate surface area is 192 Å². The molecule has 1 heterocycles. The molecule has 0 bridgehead atoms. The van der Waals surface area contributed by atoms with Crippen LogP contribution < -0.4 is 0 Å². The van der Waals surface area contributed by atoms with Crippen LogP contribution in [0.25, 0.3) is 0 Å². The van der Waals surface area contributed by atoms with E-state index in [9.17, 15) is 9.59 Å². The van der Waals surface area contributed by atoms with Gasteiger partial charge >= 0.3 is 12.0 Å². The van der Waals surface area contributed by atoms with Crippen molar-refractivity contribution in [1.29, 1.82) is 0 Å². The second-order valence-electron chi connectivity index (χ2n) is 11.3. The number of esters is 1. The molecule has 4 rings (SSSR count). The highest BCUT2D eigenvalue weighted by atomic mass is 16.6. The number of hydrogen-bond donors (Lipinski definition) is 0. The highest BCUT2D eigenvalue weighted by molar-refractivity contribution is 5.83. The third-order valence-corrected chi connectivity index (χ3v) is 7.61. The molecule has 2 aliphatic carbocycles. The van der Waals surface area contributed by atoms with Gasteiger partial charge in [0.2, 0.25) is 0 Å². The van der Waals surface area contributed by atoms with Crippen molar-refractivity contribution in [3.05, 3.63) is 35.9 Å². The lowest BCUT2D eigenvalue weighted by atomic mass is 9.68. The van der Waals surface area contributed by atoms with Crippen LogP contribution in [0, 0.1) is 5.92 Å². The summed E-state index contributed by atoms with van der Waals surface area (Å²) in [5.41, 5.74) is 0.607. The molecular weight excluding hydrogens is 402 g/mol. The van der Waals surface area contributed by atoms with Crippen LogP contribution in [0.5, 0.6) is 0 Å². The number of hydrogen-bond acceptors (Lipinski definition) is 4. The fourth-order valence-corrected chi connectivity index (χ4v) is 5.66. The molecule has 6 heteroatoms. The molecule has 2 saturated carbocycles. The van der Waals surface area contributed by atoms with Gasteiger partial charge in [0.25, 0.3) is 0 Å². The lowest BCUT2D eigenvalue weighted by Crippen LogP contribution is -2.55. The van der Waals surface area contributed by atoms with Gasteiger partial charge < -0.3 is 14.5 Å². The van der Waals surface area contributed by atoms with Crippen LogP contribution in [0.4, 0.5) is 4.79 Å². The van der Waals surface area contributed by atoms with Gasteiger partial charge in [-0.3, -0.25) is 9.69 Å². The quantitative estimate of drug-likeness (QED) is 0.620. The topological polar surface area (TPSA) is 53.1 Å². The van der Waals surface area contributed by atoms with E-state index in [1.165, 1.54) is 18.4 Å². The summed E-state index contributed by atoms with van der Waals surface area (Å²) in [5, 5.41) is 0. The summed E-state index contributed by atoms with van der Waals surface area (Å²) >= 11 is 0. The van der Waals surface area contributed by atoms with Crippen LogP contribution >= 0.6 is 0 Å². The van der Waals surface area contributed by atoms with E-state index in [-0.39, 0.29) is 29.6 Å². The van der Waals surface area contributed by atoms with E-state index >= 15 is 0 Å². The molecule has 6 nitrogen and oxygen atoms in total. The molecule has 0 N–H and O–H groups in total. The Hall–Kier alpha value is -2.08. The van der Waals surface area contributed by atoms with Crippen LogP contribution in [0.1, 0.15) is 64.9 Å². The lowest BCUT2D eigenvalue weighted by Gasteiger charge is -2.51. The SMILES string of the molecule is CN(C)C1(c2ccccc2)CCC2(CC1)CN(CC(=O)OC(C)(C)C)C(=O)N2CC1CC1. The number of benzene rings is 1. The van der Waals surface area contributed by atoms with Crippen molar-refractivity contribution in [1.82, 2.24) is 14.7 Å². The van der Waals surface area contributed by atoms with E-state index < -0.39 is 5.60 Å². The fraction of sp³-hybridized carbons (Fsp3) is 0.692. The number of urea groups is 1. The molecule has 0 aromatic heterocycles. The standard InChI is InChI=1S/C26H39N3O3/c1-24(2,3)32-22(30)18-28-19-25(29(23(28)31)17-20-11-12-20)13-15-26(16-14-25,27(4)5)21-9-7-6-8-10-21/h6-10,20H,11-19H2,1-5H3. The second-order valence-corrected chi connectivity index (χ2v) is 11.3. The minimum Gasteiger partial charge on any atom is -0.459 e.